The van der Waals surface area contributed by atoms with Crippen molar-refractivity contribution in [3.8, 4) is 17.0 Å². The number of rotatable bonds is 5. The van der Waals surface area contributed by atoms with E-state index in [1.54, 1.807) is 7.11 Å². The molecule has 0 amide bonds. The number of fused-ring (bicyclic) bond motifs is 3. The molecule has 0 atom stereocenters. The number of aromatic nitrogens is 4. The number of imidazole rings is 2. The smallest absolute Gasteiger partial charge is 0.215 e. The summed E-state index contributed by atoms with van der Waals surface area (Å²) in [5, 5.41) is 0. The number of methoxy groups -OCH3 is 1. The molecule has 30 heavy (non-hydrogen) atoms. The van der Waals surface area contributed by atoms with Gasteiger partial charge in [0.1, 0.15) is 5.75 Å². The molecule has 3 aromatic heterocycles. The molecule has 0 saturated heterocycles. The highest BCUT2D eigenvalue weighted by Gasteiger charge is 2.27. The molecule has 0 bridgehead atoms. The first-order valence-electron chi connectivity index (χ1n) is 10.5. The highest BCUT2D eigenvalue weighted by molar-refractivity contribution is 5.63. The highest BCUT2D eigenvalue weighted by atomic mass is 16.5. The monoisotopic (exact) mass is 401 g/mol. The van der Waals surface area contributed by atoms with E-state index in [1.807, 2.05) is 30.6 Å². The maximum absolute atomic E-state index is 5.29. The lowest BCUT2D eigenvalue weighted by Gasteiger charge is -2.28. The second-order valence-corrected chi connectivity index (χ2v) is 8.20. The Morgan fingerprint density at radius 2 is 1.93 bits per heavy atom. The van der Waals surface area contributed by atoms with Gasteiger partial charge in [0.25, 0.3) is 0 Å². The predicted octanol–water partition coefficient (Wildman–Crippen LogP) is 4.35. The maximum atomic E-state index is 5.29. The Morgan fingerprint density at radius 1 is 1.10 bits per heavy atom. The van der Waals surface area contributed by atoms with E-state index in [4.69, 9.17) is 9.72 Å². The predicted molar refractivity (Wildman–Crippen MR) is 118 cm³/mol. The standard InChI is InChI=1S/C24H27N5O/c1-17(2)29-22-10-12-27(14-18-5-4-11-25-13-18)16-23(22)28-15-21(26-24(28)29)19-6-8-20(30-3)9-7-19/h4-9,11,13,15,17H,10,12,14,16H2,1-3H3. The van der Waals surface area contributed by atoms with Crippen molar-refractivity contribution in [2.45, 2.75) is 39.4 Å². The first kappa shape index (κ1) is 18.9. The fourth-order valence-electron chi connectivity index (χ4n) is 4.45. The van der Waals surface area contributed by atoms with Crippen molar-refractivity contribution in [2.75, 3.05) is 13.7 Å². The average molecular weight is 402 g/mol. The normalized spacial score (nSPS) is 14.4. The van der Waals surface area contributed by atoms with Gasteiger partial charge in [-0.05, 0) is 49.7 Å². The minimum absolute atomic E-state index is 0.368. The van der Waals surface area contributed by atoms with Crippen LogP contribution in [0.2, 0.25) is 0 Å². The Bertz CT molecular complexity index is 1160. The van der Waals surface area contributed by atoms with Crippen molar-refractivity contribution in [1.29, 1.82) is 0 Å². The van der Waals surface area contributed by atoms with Crippen molar-refractivity contribution in [3.63, 3.8) is 0 Å². The van der Waals surface area contributed by atoms with E-state index in [0.717, 1.165) is 48.8 Å². The van der Waals surface area contributed by atoms with Crippen LogP contribution in [-0.4, -0.2) is 37.5 Å². The first-order valence-corrected chi connectivity index (χ1v) is 10.5. The lowest BCUT2D eigenvalue weighted by atomic mass is 10.1. The summed E-state index contributed by atoms with van der Waals surface area (Å²) in [5.41, 5.74) is 6.11. The second-order valence-electron chi connectivity index (χ2n) is 8.20. The summed E-state index contributed by atoms with van der Waals surface area (Å²) in [4.78, 5) is 11.8. The number of nitrogens with zero attached hydrogens (tertiary/aromatic N) is 5. The van der Waals surface area contributed by atoms with E-state index in [-0.39, 0.29) is 0 Å². The molecule has 6 heteroatoms. The van der Waals surface area contributed by atoms with Crippen molar-refractivity contribution in [1.82, 2.24) is 23.8 Å². The van der Waals surface area contributed by atoms with Gasteiger partial charge >= 0.3 is 0 Å². The van der Waals surface area contributed by atoms with Crippen LogP contribution >= 0.6 is 0 Å². The SMILES string of the molecule is COc1ccc(-c2cn3c4c(n(C(C)C)c3n2)CCN(Cc2cccnc2)C4)cc1. The largest absolute Gasteiger partial charge is 0.497 e. The van der Waals surface area contributed by atoms with Crippen LogP contribution in [0.4, 0.5) is 0 Å². The lowest BCUT2D eigenvalue weighted by molar-refractivity contribution is 0.237. The molecule has 5 rings (SSSR count). The minimum atomic E-state index is 0.368. The Kier molecular flexibility index (Phi) is 4.79. The molecule has 4 aromatic rings. The molecule has 0 radical (unpaired) electrons. The van der Waals surface area contributed by atoms with Crippen molar-refractivity contribution >= 4 is 5.78 Å². The summed E-state index contributed by atoms with van der Waals surface area (Å²) < 4.78 is 10.00. The second kappa shape index (κ2) is 7.61. The third-order valence-corrected chi connectivity index (χ3v) is 5.89. The zero-order valence-corrected chi connectivity index (χ0v) is 17.7. The fourth-order valence-corrected chi connectivity index (χ4v) is 4.45. The van der Waals surface area contributed by atoms with Crippen LogP contribution < -0.4 is 4.74 Å². The minimum Gasteiger partial charge on any atom is -0.497 e. The van der Waals surface area contributed by atoms with Gasteiger partial charge in [0.15, 0.2) is 0 Å². The molecule has 6 nitrogen and oxygen atoms in total. The molecule has 0 N–H and O–H groups in total. The molecule has 0 unspecified atom stereocenters. The van der Waals surface area contributed by atoms with Gasteiger partial charge in [-0.25, -0.2) is 4.98 Å². The van der Waals surface area contributed by atoms with Crippen LogP contribution in [0, 0.1) is 0 Å². The Balaban J connectivity index is 1.53. The zero-order chi connectivity index (χ0) is 20.7. The van der Waals surface area contributed by atoms with E-state index in [0.29, 0.717) is 6.04 Å². The Morgan fingerprint density at radius 3 is 2.63 bits per heavy atom. The van der Waals surface area contributed by atoms with Gasteiger partial charge in [0.05, 0.1) is 18.5 Å². The van der Waals surface area contributed by atoms with E-state index in [9.17, 15) is 0 Å². The van der Waals surface area contributed by atoms with Crippen molar-refractivity contribution in [2.24, 2.45) is 0 Å². The van der Waals surface area contributed by atoms with Gasteiger partial charge in [-0.3, -0.25) is 14.3 Å². The lowest BCUT2D eigenvalue weighted by Crippen LogP contribution is -2.31. The average Bonchev–Trinajstić information content (AvgIpc) is 3.32. The Labute approximate surface area is 176 Å². The van der Waals surface area contributed by atoms with Crippen LogP contribution in [0.25, 0.3) is 17.0 Å². The fraction of sp³-hybridized carbons (Fsp3) is 0.333. The number of benzene rings is 1. The third-order valence-electron chi connectivity index (χ3n) is 5.89. The number of ether oxygens (including phenoxy) is 1. The Hall–Kier alpha value is -3.12. The van der Waals surface area contributed by atoms with E-state index < -0.39 is 0 Å². The molecule has 0 aliphatic carbocycles. The van der Waals surface area contributed by atoms with Gasteiger partial charge in [-0.15, -0.1) is 0 Å². The number of hydrogen-bond donors (Lipinski definition) is 0. The van der Waals surface area contributed by atoms with E-state index >= 15 is 0 Å². The van der Waals surface area contributed by atoms with Crippen molar-refractivity contribution < 1.29 is 4.74 Å². The van der Waals surface area contributed by atoms with Gasteiger partial charge in [-0.2, -0.15) is 0 Å². The van der Waals surface area contributed by atoms with Crippen LogP contribution in [0.1, 0.15) is 36.8 Å². The summed E-state index contributed by atoms with van der Waals surface area (Å²) in [6, 6.07) is 12.6. The quantitative estimate of drug-likeness (QED) is 0.499. The number of hydrogen-bond acceptors (Lipinski definition) is 4. The molecule has 4 heterocycles. The summed E-state index contributed by atoms with van der Waals surface area (Å²) >= 11 is 0. The molecular formula is C24H27N5O. The molecule has 0 spiro atoms. The van der Waals surface area contributed by atoms with Crippen LogP contribution in [0.15, 0.2) is 55.0 Å². The van der Waals surface area contributed by atoms with Crippen LogP contribution in [0.3, 0.4) is 0 Å². The molecular weight excluding hydrogens is 374 g/mol. The first-order chi connectivity index (χ1) is 14.6. The molecule has 154 valence electrons. The van der Waals surface area contributed by atoms with E-state index in [1.165, 1.54) is 17.0 Å². The summed E-state index contributed by atoms with van der Waals surface area (Å²) in [6.45, 7) is 7.36. The molecule has 1 aromatic carbocycles. The summed E-state index contributed by atoms with van der Waals surface area (Å²) in [6.07, 6.45) is 7.01. The van der Waals surface area contributed by atoms with Gasteiger partial charge in [-0.1, -0.05) is 6.07 Å². The van der Waals surface area contributed by atoms with Crippen molar-refractivity contribution in [3.05, 3.63) is 71.9 Å². The van der Waals surface area contributed by atoms with Gasteiger partial charge in [0, 0.05) is 61.9 Å². The summed E-state index contributed by atoms with van der Waals surface area (Å²) in [7, 11) is 1.69. The molecule has 0 fully saturated rings. The topological polar surface area (TPSA) is 47.6 Å². The van der Waals surface area contributed by atoms with E-state index in [2.05, 4.69) is 57.1 Å². The maximum Gasteiger partial charge on any atom is 0.215 e. The molecule has 1 aliphatic rings. The third kappa shape index (κ3) is 3.27. The molecule has 1 aliphatic heterocycles. The highest BCUT2D eigenvalue weighted by Crippen LogP contribution is 2.30. The molecule has 0 saturated carbocycles. The van der Waals surface area contributed by atoms with Crippen LogP contribution in [-0.2, 0) is 19.5 Å². The van der Waals surface area contributed by atoms with Crippen LogP contribution in [0.5, 0.6) is 5.75 Å². The number of pyridine rings is 1. The zero-order valence-electron chi connectivity index (χ0n) is 17.7. The van der Waals surface area contributed by atoms with Gasteiger partial charge < -0.3 is 9.30 Å². The van der Waals surface area contributed by atoms with Gasteiger partial charge in [0.2, 0.25) is 5.78 Å². The summed E-state index contributed by atoms with van der Waals surface area (Å²) in [5.74, 6) is 1.89.